The number of hydrogen-bond acceptors (Lipinski definition) is 3. The summed E-state index contributed by atoms with van der Waals surface area (Å²) in [6.45, 7) is 0.894. The zero-order valence-corrected chi connectivity index (χ0v) is 12.3. The van der Waals surface area contributed by atoms with Gasteiger partial charge in [0.05, 0.1) is 0 Å². The van der Waals surface area contributed by atoms with Crippen molar-refractivity contribution < 1.29 is 4.79 Å². The SMILES string of the molecule is CNC1C(=O)N(C2CCCCC2)CCc2ccsc21. The van der Waals surface area contributed by atoms with Crippen LogP contribution < -0.4 is 5.32 Å². The summed E-state index contributed by atoms with van der Waals surface area (Å²) in [6.07, 6.45) is 7.28. The molecule has 1 fully saturated rings. The van der Waals surface area contributed by atoms with Gasteiger partial charge in [0.15, 0.2) is 0 Å². The quantitative estimate of drug-likeness (QED) is 0.902. The van der Waals surface area contributed by atoms with Crippen LogP contribution in [0.25, 0.3) is 0 Å². The Hall–Kier alpha value is -0.870. The monoisotopic (exact) mass is 278 g/mol. The van der Waals surface area contributed by atoms with Gasteiger partial charge in [-0.15, -0.1) is 11.3 Å². The lowest BCUT2D eigenvalue weighted by Crippen LogP contribution is -2.45. The van der Waals surface area contributed by atoms with Crippen molar-refractivity contribution in [2.75, 3.05) is 13.6 Å². The van der Waals surface area contributed by atoms with Crippen molar-refractivity contribution in [2.45, 2.75) is 50.6 Å². The molecular weight excluding hydrogens is 256 g/mol. The van der Waals surface area contributed by atoms with E-state index >= 15 is 0 Å². The maximum atomic E-state index is 12.8. The number of fused-ring (bicyclic) bond motifs is 1. The van der Waals surface area contributed by atoms with Crippen molar-refractivity contribution in [3.63, 3.8) is 0 Å². The van der Waals surface area contributed by atoms with Gasteiger partial charge in [0, 0.05) is 17.5 Å². The average Bonchev–Trinajstić information content (AvgIpc) is 2.85. The molecule has 0 radical (unpaired) electrons. The Bertz CT molecular complexity index is 451. The van der Waals surface area contributed by atoms with Crippen LogP contribution in [-0.2, 0) is 11.2 Å². The second kappa shape index (κ2) is 5.63. The van der Waals surface area contributed by atoms with E-state index < -0.39 is 0 Å². The van der Waals surface area contributed by atoms with E-state index in [0.29, 0.717) is 6.04 Å². The van der Waals surface area contributed by atoms with Crippen molar-refractivity contribution in [3.8, 4) is 0 Å². The topological polar surface area (TPSA) is 32.3 Å². The number of thiophene rings is 1. The largest absolute Gasteiger partial charge is 0.338 e. The highest BCUT2D eigenvalue weighted by atomic mass is 32.1. The summed E-state index contributed by atoms with van der Waals surface area (Å²) in [5.74, 6) is 0.288. The van der Waals surface area contributed by atoms with Gasteiger partial charge in [-0.1, -0.05) is 19.3 Å². The molecule has 1 atom stereocenters. The van der Waals surface area contributed by atoms with E-state index in [1.807, 2.05) is 7.05 Å². The van der Waals surface area contributed by atoms with Gasteiger partial charge in [-0.25, -0.2) is 0 Å². The molecule has 1 aromatic heterocycles. The zero-order chi connectivity index (χ0) is 13.2. The second-order valence-corrected chi connectivity index (χ2v) is 6.55. The number of hydrogen-bond donors (Lipinski definition) is 1. The van der Waals surface area contributed by atoms with Gasteiger partial charge in [0.2, 0.25) is 5.91 Å². The molecule has 1 amide bonds. The van der Waals surface area contributed by atoms with Crippen molar-refractivity contribution in [2.24, 2.45) is 0 Å². The Balaban J connectivity index is 1.85. The standard InChI is InChI=1S/C15H22N2OS/c1-16-13-14-11(8-10-19-14)7-9-17(15(13)18)12-5-3-2-4-6-12/h8,10,12-13,16H,2-7,9H2,1H3. The number of nitrogens with one attached hydrogen (secondary N) is 1. The van der Waals surface area contributed by atoms with Crippen LogP contribution >= 0.6 is 11.3 Å². The van der Waals surface area contributed by atoms with Gasteiger partial charge in [0.1, 0.15) is 6.04 Å². The lowest BCUT2D eigenvalue weighted by atomic mass is 9.94. The number of nitrogens with zero attached hydrogens (tertiary/aromatic N) is 1. The van der Waals surface area contributed by atoms with Gasteiger partial charge in [-0.3, -0.25) is 4.79 Å². The van der Waals surface area contributed by atoms with Crippen LogP contribution in [0.4, 0.5) is 0 Å². The first-order chi connectivity index (χ1) is 9.31. The minimum Gasteiger partial charge on any atom is -0.338 e. The summed E-state index contributed by atoms with van der Waals surface area (Å²) < 4.78 is 0. The molecule has 0 saturated heterocycles. The predicted octanol–water partition coefficient (Wildman–Crippen LogP) is 2.73. The van der Waals surface area contributed by atoms with E-state index in [2.05, 4.69) is 21.7 Å². The predicted molar refractivity (Wildman–Crippen MR) is 78.4 cm³/mol. The second-order valence-electron chi connectivity index (χ2n) is 5.61. The van der Waals surface area contributed by atoms with E-state index in [1.54, 1.807) is 11.3 Å². The number of rotatable bonds is 2. The molecule has 2 heterocycles. The van der Waals surface area contributed by atoms with E-state index in [0.717, 1.165) is 13.0 Å². The molecule has 1 aliphatic heterocycles. The molecule has 2 aliphatic rings. The van der Waals surface area contributed by atoms with Crippen LogP contribution in [0, 0.1) is 0 Å². The van der Waals surface area contributed by atoms with Crippen molar-refractivity contribution in [1.29, 1.82) is 0 Å². The van der Waals surface area contributed by atoms with Crippen LogP contribution in [0.5, 0.6) is 0 Å². The Morgan fingerprint density at radius 2 is 2.11 bits per heavy atom. The first-order valence-electron chi connectivity index (χ1n) is 7.35. The Kier molecular flexibility index (Phi) is 3.89. The van der Waals surface area contributed by atoms with E-state index in [-0.39, 0.29) is 11.9 Å². The number of carbonyl (C=O) groups is 1. The summed E-state index contributed by atoms with van der Waals surface area (Å²) in [4.78, 5) is 16.2. The highest BCUT2D eigenvalue weighted by molar-refractivity contribution is 7.10. The highest BCUT2D eigenvalue weighted by Crippen LogP contribution is 2.32. The lowest BCUT2D eigenvalue weighted by molar-refractivity contribution is -0.136. The normalized spacial score (nSPS) is 25.2. The first-order valence-corrected chi connectivity index (χ1v) is 8.23. The fourth-order valence-corrected chi connectivity index (χ4v) is 4.50. The molecule has 1 aromatic rings. The highest BCUT2D eigenvalue weighted by Gasteiger charge is 2.34. The molecule has 0 spiro atoms. The summed E-state index contributed by atoms with van der Waals surface area (Å²) in [5, 5.41) is 5.33. The molecular formula is C15H22N2OS. The maximum Gasteiger partial charge on any atom is 0.245 e. The molecule has 1 unspecified atom stereocenters. The molecule has 104 valence electrons. The van der Waals surface area contributed by atoms with Gasteiger partial charge in [0.25, 0.3) is 0 Å². The third kappa shape index (κ3) is 2.43. The Morgan fingerprint density at radius 1 is 1.32 bits per heavy atom. The third-order valence-electron chi connectivity index (χ3n) is 4.50. The lowest BCUT2D eigenvalue weighted by Gasteiger charge is -2.35. The molecule has 0 bridgehead atoms. The fraction of sp³-hybridized carbons (Fsp3) is 0.667. The minimum atomic E-state index is -0.126. The molecule has 19 heavy (non-hydrogen) atoms. The van der Waals surface area contributed by atoms with Crippen LogP contribution in [0.15, 0.2) is 11.4 Å². The Labute approximate surface area is 119 Å². The summed E-state index contributed by atoms with van der Waals surface area (Å²) in [7, 11) is 1.90. The maximum absolute atomic E-state index is 12.8. The van der Waals surface area contributed by atoms with Gasteiger partial charge < -0.3 is 10.2 Å². The molecule has 0 aromatic carbocycles. The van der Waals surface area contributed by atoms with Crippen LogP contribution in [0.2, 0.25) is 0 Å². The smallest absolute Gasteiger partial charge is 0.245 e. The van der Waals surface area contributed by atoms with Crippen LogP contribution in [-0.4, -0.2) is 30.4 Å². The molecule has 1 saturated carbocycles. The number of carbonyl (C=O) groups excluding carboxylic acids is 1. The van der Waals surface area contributed by atoms with Crippen molar-refractivity contribution in [1.82, 2.24) is 10.2 Å². The summed E-state index contributed by atoms with van der Waals surface area (Å²) >= 11 is 1.71. The number of likely N-dealkylation sites (N-methyl/N-ethyl adjacent to an activating group) is 1. The van der Waals surface area contributed by atoms with Crippen molar-refractivity contribution in [3.05, 3.63) is 21.9 Å². The number of amides is 1. The molecule has 3 nitrogen and oxygen atoms in total. The van der Waals surface area contributed by atoms with Gasteiger partial charge in [-0.2, -0.15) is 0 Å². The van der Waals surface area contributed by atoms with Crippen LogP contribution in [0.3, 0.4) is 0 Å². The minimum absolute atomic E-state index is 0.126. The van der Waals surface area contributed by atoms with Gasteiger partial charge in [-0.05, 0) is 43.3 Å². The average molecular weight is 278 g/mol. The van der Waals surface area contributed by atoms with E-state index in [4.69, 9.17) is 0 Å². The molecule has 1 aliphatic carbocycles. The van der Waals surface area contributed by atoms with E-state index in [1.165, 1.54) is 42.5 Å². The summed E-state index contributed by atoms with van der Waals surface area (Å²) in [6, 6.07) is 2.53. The molecule has 4 heteroatoms. The molecule has 1 N–H and O–H groups in total. The third-order valence-corrected chi connectivity index (χ3v) is 5.52. The van der Waals surface area contributed by atoms with E-state index in [9.17, 15) is 4.79 Å². The molecule has 3 rings (SSSR count). The Morgan fingerprint density at radius 3 is 2.84 bits per heavy atom. The fourth-order valence-electron chi connectivity index (χ4n) is 3.45. The van der Waals surface area contributed by atoms with Gasteiger partial charge >= 0.3 is 0 Å². The first kappa shape index (κ1) is 13.1. The zero-order valence-electron chi connectivity index (χ0n) is 11.5. The van der Waals surface area contributed by atoms with Crippen LogP contribution in [0.1, 0.15) is 48.6 Å². The summed E-state index contributed by atoms with van der Waals surface area (Å²) in [5.41, 5.74) is 1.36. The van der Waals surface area contributed by atoms with Crippen molar-refractivity contribution >= 4 is 17.2 Å².